The van der Waals surface area contributed by atoms with Crippen LogP contribution in [0, 0.1) is 0 Å². The number of benzene rings is 1. The van der Waals surface area contributed by atoms with Gasteiger partial charge < -0.3 is 4.90 Å². The highest BCUT2D eigenvalue weighted by molar-refractivity contribution is 8.00. The van der Waals surface area contributed by atoms with Crippen LogP contribution in [0.25, 0.3) is 0 Å². The number of amides is 1. The Hall–Kier alpha value is -1.23. The summed E-state index contributed by atoms with van der Waals surface area (Å²) in [6, 6.07) is 11.0. The first-order valence-electron chi connectivity index (χ1n) is 6.73. The van der Waals surface area contributed by atoms with Crippen LogP contribution in [0.3, 0.4) is 0 Å². The molecule has 0 aliphatic heterocycles. The molecule has 3 nitrogen and oxygen atoms in total. The normalized spacial score (nSPS) is 12.0. The molecule has 1 unspecified atom stereocenters. The molecule has 1 atom stereocenters. The maximum Gasteiger partial charge on any atom is 0.233 e. The molecule has 0 N–H and O–H groups in total. The van der Waals surface area contributed by atoms with Gasteiger partial charge in [0.15, 0.2) is 0 Å². The molecule has 0 bridgehead atoms. The Labute approximate surface area is 144 Å². The number of hydrogen-bond acceptors (Lipinski definition) is 3. The van der Waals surface area contributed by atoms with Gasteiger partial charge in [-0.1, -0.05) is 47.1 Å². The number of halogens is 2. The van der Waals surface area contributed by atoms with Crippen molar-refractivity contribution in [2.45, 2.75) is 18.0 Å². The van der Waals surface area contributed by atoms with Crippen molar-refractivity contribution in [3.63, 3.8) is 0 Å². The van der Waals surface area contributed by atoms with Crippen molar-refractivity contribution >= 4 is 40.9 Å². The van der Waals surface area contributed by atoms with Gasteiger partial charge in [0.1, 0.15) is 5.03 Å². The fourth-order valence-electron chi connectivity index (χ4n) is 1.89. The monoisotopic (exact) mass is 354 g/mol. The lowest BCUT2D eigenvalue weighted by Gasteiger charge is -2.25. The summed E-state index contributed by atoms with van der Waals surface area (Å²) in [6.07, 6.45) is 1.67. The molecule has 1 amide bonds. The standard InChI is InChI=1S/C16H16Cl2N2OS/c1-11(12-5-7-13(17)8-6-12)20(2)15(21)10-22-16-14(18)4-3-9-19-16/h3-9,11H,10H2,1-2H3. The van der Waals surface area contributed by atoms with E-state index in [-0.39, 0.29) is 11.9 Å². The highest BCUT2D eigenvalue weighted by atomic mass is 35.5. The Kier molecular flexibility index (Phi) is 6.12. The van der Waals surface area contributed by atoms with Gasteiger partial charge in [0.2, 0.25) is 5.91 Å². The number of hydrogen-bond donors (Lipinski definition) is 0. The third-order valence-electron chi connectivity index (χ3n) is 3.38. The van der Waals surface area contributed by atoms with E-state index in [2.05, 4.69) is 4.98 Å². The Morgan fingerprint density at radius 3 is 2.59 bits per heavy atom. The first-order valence-corrected chi connectivity index (χ1v) is 8.47. The van der Waals surface area contributed by atoms with Crippen molar-refractivity contribution < 1.29 is 4.79 Å². The maximum absolute atomic E-state index is 12.3. The van der Waals surface area contributed by atoms with Crippen LogP contribution in [0.1, 0.15) is 18.5 Å². The minimum atomic E-state index is -0.0235. The molecule has 0 saturated carbocycles. The fourth-order valence-corrected chi connectivity index (χ4v) is 3.11. The molecule has 1 heterocycles. The predicted octanol–water partition coefficient (Wildman–Crippen LogP) is 4.70. The number of aromatic nitrogens is 1. The van der Waals surface area contributed by atoms with Gasteiger partial charge >= 0.3 is 0 Å². The number of carbonyl (C=O) groups is 1. The molecular weight excluding hydrogens is 339 g/mol. The molecule has 0 radical (unpaired) electrons. The predicted molar refractivity (Wildman–Crippen MR) is 92.6 cm³/mol. The lowest BCUT2D eigenvalue weighted by Crippen LogP contribution is -2.31. The zero-order valence-corrected chi connectivity index (χ0v) is 14.6. The second-order valence-electron chi connectivity index (χ2n) is 4.81. The van der Waals surface area contributed by atoms with Gasteiger partial charge in [-0.25, -0.2) is 4.98 Å². The van der Waals surface area contributed by atoms with E-state index in [4.69, 9.17) is 23.2 Å². The van der Waals surface area contributed by atoms with Gasteiger partial charge in [0.05, 0.1) is 16.8 Å². The highest BCUT2D eigenvalue weighted by Gasteiger charge is 2.18. The third kappa shape index (κ3) is 4.38. The summed E-state index contributed by atoms with van der Waals surface area (Å²) in [7, 11) is 1.79. The second kappa shape index (κ2) is 7.86. The van der Waals surface area contributed by atoms with Crippen LogP contribution in [0.5, 0.6) is 0 Å². The Morgan fingerprint density at radius 2 is 1.95 bits per heavy atom. The maximum atomic E-state index is 12.3. The molecular formula is C16H16Cl2N2OS. The molecule has 0 saturated heterocycles. The van der Waals surface area contributed by atoms with E-state index >= 15 is 0 Å². The molecule has 116 valence electrons. The Morgan fingerprint density at radius 1 is 1.27 bits per heavy atom. The van der Waals surface area contributed by atoms with Crippen LogP contribution in [0.15, 0.2) is 47.6 Å². The van der Waals surface area contributed by atoms with Crippen LogP contribution in [0.2, 0.25) is 10.0 Å². The minimum absolute atomic E-state index is 0.0224. The lowest BCUT2D eigenvalue weighted by atomic mass is 10.1. The van der Waals surface area contributed by atoms with Crippen LogP contribution in [-0.4, -0.2) is 28.6 Å². The van der Waals surface area contributed by atoms with E-state index in [9.17, 15) is 4.79 Å². The summed E-state index contributed by atoms with van der Waals surface area (Å²) in [4.78, 5) is 18.2. The van der Waals surface area contributed by atoms with Crippen molar-refractivity contribution in [3.8, 4) is 0 Å². The second-order valence-corrected chi connectivity index (χ2v) is 6.62. The summed E-state index contributed by atoms with van der Waals surface area (Å²) in [6.45, 7) is 1.99. The molecule has 2 rings (SSSR count). The molecule has 1 aromatic carbocycles. The Balaban J connectivity index is 1.97. The van der Waals surface area contributed by atoms with E-state index in [0.29, 0.717) is 20.8 Å². The number of rotatable bonds is 5. The summed E-state index contributed by atoms with van der Waals surface area (Å²) < 4.78 is 0. The molecule has 0 aliphatic carbocycles. The van der Waals surface area contributed by atoms with E-state index in [1.54, 1.807) is 30.3 Å². The van der Waals surface area contributed by atoms with E-state index in [0.717, 1.165) is 5.56 Å². The fraction of sp³-hybridized carbons (Fsp3) is 0.250. The van der Waals surface area contributed by atoms with Gasteiger partial charge in [-0.2, -0.15) is 0 Å². The quantitative estimate of drug-likeness (QED) is 0.729. The van der Waals surface area contributed by atoms with Crippen LogP contribution in [-0.2, 0) is 4.79 Å². The average molecular weight is 355 g/mol. The van der Waals surface area contributed by atoms with Gasteiger partial charge in [-0.05, 0) is 36.8 Å². The Bertz CT molecular complexity index is 649. The molecule has 0 spiro atoms. The molecule has 22 heavy (non-hydrogen) atoms. The third-order valence-corrected chi connectivity index (χ3v) is 5.04. The summed E-state index contributed by atoms with van der Waals surface area (Å²) >= 11 is 13.3. The summed E-state index contributed by atoms with van der Waals surface area (Å²) in [5.74, 6) is 0.319. The van der Waals surface area contributed by atoms with E-state index in [1.165, 1.54) is 11.8 Å². The van der Waals surface area contributed by atoms with E-state index < -0.39 is 0 Å². The van der Waals surface area contributed by atoms with E-state index in [1.807, 2.05) is 31.2 Å². The summed E-state index contributed by atoms with van der Waals surface area (Å²) in [5.41, 5.74) is 1.04. The average Bonchev–Trinajstić information content (AvgIpc) is 2.53. The molecule has 0 fully saturated rings. The number of nitrogens with zero attached hydrogens (tertiary/aromatic N) is 2. The van der Waals surface area contributed by atoms with Gasteiger partial charge in [0.25, 0.3) is 0 Å². The van der Waals surface area contributed by atoms with Crippen molar-refractivity contribution in [2.24, 2.45) is 0 Å². The van der Waals surface area contributed by atoms with Gasteiger partial charge in [-0.3, -0.25) is 4.79 Å². The van der Waals surface area contributed by atoms with Crippen molar-refractivity contribution in [3.05, 3.63) is 58.2 Å². The van der Waals surface area contributed by atoms with Gasteiger partial charge in [0, 0.05) is 18.3 Å². The van der Waals surface area contributed by atoms with Crippen LogP contribution < -0.4 is 0 Å². The first kappa shape index (κ1) is 17.1. The zero-order valence-electron chi connectivity index (χ0n) is 12.3. The summed E-state index contributed by atoms with van der Waals surface area (Å²) in [5, 5.41) is 1.92. The SMILES string of the molecule is CC(c1ccc(Cl)cc1)N(C)C(=O)CSc1ncccc1Cl. The smallest absolute Gasteiger partial charge is 0.233 e. The number of thioether (sulfide) groups is 1. The largest absolute Gasteiger partial charge is 0.338 e. The molecule has 1 aromatic heterocycles. The topological polar surface area (TPSA) is 33.2 Å². The number of pyridine rings is 1. The molecule has 6 heteroatoms. The van der Waals surface area contributed by atoms with Crippen molar-refractivity contribution in [1.29, 1.82) is 0 Å². The van der Waals surface area contributed by atoms with Crippen LogP contribution >= 0.6 is 35.0 Å². The van der Waals surface area contributed by atoms with Crippen molar-refractivity contribution in [1.82, 2.24) is 9.88 Å². The molecule has 0 aliphatic rings. The zero-order chi connectivity index (χ0) is 16.1. The highest BCUT2D eigenvalue weighted by Crippen LogP contribution is 2.26. The van der Waals surface area contributed by atoms with Crippen molar-refractivity contribution in [2.75, 3.05) is 12.8 Å². The minimum Gasteiger partial charge on any atom is -0.338 e. The molecule has 2 aromatic rings. The van der Waals surface area contributed by atoms with Gasteiger partial charge in [-0.15, -0.1) is 0 Å². The number of carbonyl (C=O) groups excluding carboxylic acids is 1. The lowest BCUT2D eigenvalue weighted by molar-refractivity contribution is -0.128. The first-order chi connectivity index (χ1) is 10.5. The van der Waals surface area contributed by atoms with Crippen LogP contribution in [0.4, 0.5) is 0 Å².